The van der Waals surface area contributed by atoms with Crippen molar-refractivity contribution >= 4 is 49.9 Å². The fraction of sp³-hybridized carbons (Fsp3) is 1.00. The highest BCUT2D eigenvalue weighted by Crippen LogP contribution is 2.29. The molecule has 0 aromatic rings. The molecule has 4 atom stereocenters. The van der Waals surface area contributed by atoms with Crippen molar-refractivity contribution in [2.75, 3.05) is 13.2 Å². The SMILES string of the molecule is C[Si](C)(C)OC[C@@H](O[Si](C)(C)C)[C@@H](O[Si](C)(C)C)[C@H](O[Si](C)(C)C)[C@@H](CO[Si](C)(C)C)O[Si](C)(C)C. The van der Waals surface area contributed by atoms with Crippen LogP contribution in [0, 0.1) is 0 Å². The maximum absolute atomic E-state index is 7.01. The number of hydrogen-bond donors (Lipinski definition) is 0. The zero-order valence-corrected chi connectivity index (χ0v) is 33.2. The monoisotopic (exact) mass is 614 g/mol. The highest BCUT2D eigenvalue weighted by molar-refractivity contribution is 6.71. The molecule has 0 saturated carbocycles. The minimum atomic E-state index is -1.99. The molecule has 0 aliphatic rings. The average Bonchev–Trinajstić information content (AvgIpc) is 2.53. The van der Waals surface area contributed by atoms with Gasteiger partial charge in [-0.3, -0.25) is 0 Å². The van der Waals surface area contributed by atoms with E-state index >= 15 is 0 Å². The minimum Gasteiger partial charge on any atom is -0.415 e. The second-order valence-corrected chi connectivity index (χ2v) is 42.6. The summed E-state index contributed by atoms with van der Waals surface area (Å²) in [5.41, 5.74) is 0. The van der Waals surface area contributed by atoms with Crippen LogP contribution in [0.2, 0.25) is 118 Å². The largest absolute Gasteiger partial charge is 0.415 e. The summed E-state index contributed by atoms with van der Waals surface area (Å²) >= 11 is 0. The van der Waals surface area contributed by atoms with E-state index in [0.717, 1.165) is 0 Å². The normalized spacial score (nSPS) is 18.2. The van der Waals surface area contributed by atoms with Gasteiger partial charge in [-0.15, -0.1) is 0 Å². The van der Waals surface area contributed by atoms with Crippen LogP contribution in [0.25, 0.3) is 0 Å². The fourth-order valence-corrected chi connectivity index (χ4v) is 9.24. The van der Waals surface area contributed by atoms with Crippen LogP contribution in [-0.4, -0.2) is 87.5 Å². The third kappa shape index (κ3) is 20.0. The summed E-state index contributed by atoms with van der Waals surface area (Å²) in [6.45, 7) is 41.2. The van der Waals surface area contributed by atoms with Crippen molar-refractivity contribution in [3.8, 4) is 0 Å². The van der Waals surface area contributed by atoms with Crippen molar-refractivity contribution in [3.63, 3.8) is 0 Å². The van der Waals surface area contributed by atoms with Gasteiger partial charge < -0.3 is 26.6 Å². The number of rotatable bonds is 17. The maximum atomic E-state index is 7.01. The van der Waals surface area contributed by atoms with Gasteiger partial charge in [-0.05, 0) is 118 Å². The van der Waals surface area contributed by atoms with Crippen LogP contribution >= 0.6 is 0 Å². The smallest absolute Gasteiger partial charge is 0.184 e. The summed E-state index contributed by atoms with van der Waals surface area (Å²) in [7, 11) is -11.4. The zero-order chi connectivity index (χ0) is 29.0. The third-order valence-corrected chi connectivity index (χ3v) is 10.5. The van der Waals surface area contributed by atoms with E-state index < -0.39 is 49.9 Å². The first-order valence-electron chi connectivity index (χ1n) is 13.6. The predicted octanol–water partition coefficient (Wildman–Crippen LogP) is 7.57. The van der Waals surface area contributed by atoms with E-state index in [-0.39, 0.29) is 24.4 Å². The Morgan fingerprint density at radius 2 is 0.556 bits per heavy atom. The van der Waals surface area contributed by atoms with Crippen molar-refractivity contribution in [2.24, 2.45) is 0 Å². The molecule has 0 amide bonds. The summed E-state index contributed by atoms with van der Waals surface area (Å²) in [4.78, 5) is 0. The molecule has 0 bridgehead atoms. The first kappa shape index (κ1) is 37.1. The second-order valence-electron chi connectivity index (χ2n) is 15.8. The van der Waals surface area contributed by atoms with E-state index in [1.165, 1.54) is 0 Å². The van der Waals surface area contributed by atoms with Crippen LogP contribution in [0.5, 0.6) is 0 Å². The Morgan fingerprint density at radius 3 is 0.722 bits per heavy atom. The van der Waals surface area contributed by atoms with Crippen molar-refractivity contribution in [3.05, 3.63) is 0 Å². The van der Waals surface area contributed by atoms with Gasteiger partial charge in [0, 0.05) is 0 Å². The van der Waals surface area contributed by atoms with Crippen molar-refractivity contribution < 1.29 is 26.6 Å². The van der Waals surface area contributed by atoms with Crippen LogP contribution in [0.15, 0.2) is 0 Å². The maximum Gasteiger partial charge on any atom is 0.184 e. The molecule has 0 unspecified atom stereocenters. The number of hydrogen-bond acceptors (Lipinski definition) is 6. The van der Waals surface area contributed by atoms with Gasteiger partial charge in [0.05, 0.1) is 37.6 Å². The molecule has 218 valence electrons. The summed E-state index contributed by atoms with van der Waals surface area (Å²) in [5, 5.41) is 0. The Hall–Kier alpha value is 1.06. The van der Waals surface area contributed by atoms with Crippen molar-refractivity contribution in [1.82, 2.24) is 0 Å². The van der Waals surface area contributed by atoms with Gasteiger partial charge in [-0.1, -0.05) is 0 Å². The lowest BCUT2D eigenvalue weighted by Crippen LogP contribution is -2.60. The fourth-order valence-electron chi connectivity index (χ4n) is 3.49. The summed E-state index contributed by atoms with van der Waals surface area (Å²) < 4.78 is 40.7. The van der Waals surface area contributed by atoms with Crippen molar-refractivity contribution in [1.29, 1.82) is 0 Å². The zero-order valence-electron chi connectivity index (χ0n) is 27.2. The Morgan fingerprint density at radius 1 is 0.333 bits per heavy atom. The van der Waals surface area contributed by atoms with E-state index in [9.17, 15) is 0 Å². The van der Waals surface area contributed by atoms with E-state index in [4.69, 9.17) is 26.6 Å². The van der Waals surface area contributed by atoms with E-state index in [1.54, 1.807) is 0 Å². The molecule has 0 N–H and O–H groups in total. The van der Waals surface area contributed by atoms with Crippen LogP contribution in [0.4, 0.5) is 0 Å². The van der Waals surface area contributed by atoms with Gasteiger partial charge in [0.1, 0.15) is 0 Å². The Balaban J connectivity index is 6.80. The molecular formula is C24H62O6Si6. The van der Waals surface area contributed by atoms with Crippen LogP contribution < -0.4 is 0 Å². The van der Waals surface area contributed by atoms with Gasteiger partial charge in [-0.2, -0.15) is 0 Å². The molecule has 0 radical (unpaired) electrons. The van der Waals surface area contributed by atoms with E-state index in [1.807, 2.05) is 0 Å². The van der Waals surface area contributed by atoms with Crippen LogP contribution in [-0.2, 0) is 26.6 Å². The molecule has 0 rings (SSSR count). The van der Waals surface area contributed by atoms with E-state index in [0.29, 0.717) is 13.2 Å². The van der Waals surface area contributed by atoms with Gasteiger partial charge in [-0.25, -0.2) is 0 Å². The summed E-state index contributed by atoms with van der Waals surface area (Å²) in [5.74, 6) is 0. The first-order valence-corrected chi connectivity index (χ1v) is 34.0. The molecule has 0 spiro atoms. The lowest BCUT2D eigenvalue weighted by Gasteiger charge is -2.46. The van der Waals surface area contributed by atoms with Crippen LogP contribution in [0.1, 0.15) is 0 Å². The molecule has 0 fully saturated rings. The molecule has 0 aromatic heterocycles. The second kappa shape index (κ2) is 13.6. The molecule has 0 aliphatic heterocycles. The summed E-state index contributed by atoms with van der Waals surface area (Å²) in [6, 6.07) is 0. The van der Waals surface area contributed by atoms with Gasteiger partial charge in [0.15, 0.2) is 49.9 Å². The summed E-state index contributed by atoms with van der Waals surface area (Å²) in [6.07, 6.45) is -1.04. The van der Waals surface area contributed by atoms with Gasteiger partial charge in [0.25, 0.3) is 0 Å². The first-order chi connectivity index (χ1) is 15.6. The highest BCUT2D eigenvalue weighted by atomic mass is 28.4. The lowest BCUT2D eigenvalue weighted by molar-refractivity contribution is -0.0958. The lowest BCUT2D eigenvalue weighted by atomic mass is 10.0. The predicted molar refractivity (Wildman–Crippen MR) is 171 cm³/mol. The molecule has 0 aromatic carbocycles. The molecular weight excluding hydrogens is 553 g/mol. The van der Waals surface area contributed by atoms with Crippen LogP contribution in [0.3, 0.4) is 0 Å². The van der Waals surface area contributed by atoms with E-state index in [2.05, 4.69) is 118 Å². The molecule has 12 heteroatoms. The van der Waals surface area contributed by atoms with Crippen molar-refractivity contribution in [2.45, 2.75) is 142 Å². The Bertz CT molecular complexity index is 582. The molecule has 0 heterocycles. The Labute approximate surface area is 231 Å². The topological polar surface area (TPSA) is 55.4 Å². The van der Waals surface area contributed by atoms with Gasteiger partial charge in [0.2, 0.25) is 0 Å². The third-order valence-electron chi connectivity index (χ3n) is 4.41. The highest BCUT2D eigenvalue weighted by Gasteiger charge is 2.45. The molecule has 0 aliphatic carbocycles. The minimum absolute atomic E-state index is 0.226. The average molecular weight is 615 g/mol. The Kier molecular flexibility index (Phi) is 14.0. The van der Waals surface area contributed by atoms with Gasteiger partial charge >= 0.3 is 0 Å². The molecule has 36 heavy (non-hydrogen) atoms. The molecule has 6 nitrogen and oxygen atoms in total. The quantitative estimate of drug-likeness (QED) is 0.158. The molecule has 0 saturated heterocycles. The standard InChI is InChI=1S/C24H62O6Si6/c1-31(2,3)25-19-21(27-33(7,8)9)23(29-35(13,14)15)24(30-36(16,17)18)22(28-34(10,11)12)20-26-32(4,5)6/h21-24H,19-20H2,1-18H3/t21-,22-,23-,24-/m1/s1.